The number of thioether (sulfide) groups is 1. The maximum absolute atomic E-state index is 13.5. The van der Waals surface area contributed by atoms with E-state index in [9.17, 15) is 19.6 Å². The second-order valence-electron chi connectivity index (χ2n) is 10.3. The summed E-state index contributed by atoms with van der Waals surface area (Å²) in [5, 5.41) is 18.9. The third-order valence-corrected chi connectivity index (χ3v) is 10.2. The Hall–Kier alpha value is -4.07. The van der Waals surface area contributed by atoms with Crippen LogP contribution in [0, 0.1) is 11.3 Å². The van der Waals surface area contributed by atoms with Crippen LogP contribution < -0.4 is 16.0 Å². The third kappa shape index (κ3) is 7.96. The molecule has 3 N–H and O–H groups in total. The van der Waals surface area contributed by atoms with Crippen LogP contribution in [-0.2, 0) is 22.4 Å². The lowest BCUT2D eigenvalue weighted by Crippen LogP contribution is -2.30. The first-order chi connectivity index (χ1) is 21.7. The van der Waals surface area contributed by atoms with Crippen LogP contribution in [0.15, 0.2) is 83.4 Å². The molecule has 0 aliphatic heterocycles. The zero-order valence-electron chi connectivity index (χ0n) is 24.2. The Kier molecular flexibility index (Phi) is 10.6. The number of thiophene rings is 1. The molecule has 3 aromatic carbocycles. The molecule has 0 radical (unpaired) electrons. The second-order valence-corrected chi connectivity index (χ2v) is 13.6. The number of fused-ring (bicyclic) bond motifs is 1. The number of nitrogens with zero attached hydrogens (tertiary/aromatic N) is 1. The van der Waals surface area contributed by atoms with E-state index in [2.05, 4.69) is 22.0 Å². The van der Waals surface area contributed by atoms with E-state index in [1.807, 2.05) is 6.07 Å². The molecular weight excluding hydrogens is 647 g/mol. The number of anilines is 2. The smallest absolute Gasteiger partial charge is 0.272 e. The number of hydrogen-bond acceptors (Lipinski definition) is 6. The fourth-order valence-corrected chi connectivity index (χ4v) is 7.35. The average Bonchev–Trinajstić information content (AvgIpc) is 3.40. The maximum Gasteiger partial charge on any atom is 0.272 e. The number of benzene rings is 3. The second kappa shape index (κ2) is 14.8. The van der Waals surface area contributed by atoms with Crippen LogP contribution in [0.3, 0.4) is 0 Å². The highest BCUT2D eigenvalue weighted by molar-refractivity contribution is 8.00. The van der Waals surface area contributed by atoms with E-state index < -0.39 is 17.1 Å². The minimum absolute atomic E-state index is 0.0363. The largest absolute Gasteiger partial charge is 0.321 e. The van der Waals surface area contributed by atoms with Gasteiger partial charge in [0.2, 0.25) is 5.91 Å². The molecule has 0 bridgehead atoms. The van der Waals surface area contributed by atoms with Crippen molar-refractivity contribution < 1.29 is 14.4 Å². The summed E-state index contributed by atoms with van der Waals surface area (Å²) in [6.07, 6.45) is 5.41. The summed E-state index contributed by atoms with van der Waals surface area (Å²) in [4.78, 5) is 41.5. The minimum Gasteiger partial charge on any atom is -0.321 e. The molecule has 1 unspecified atom stereocenters. The van der Waals surface area contributed by atoms with Gasteiger partial charge in [0.25, 0.3) is 11.8 Å². The van der Waals surface area contributed by atoms with Gasteiger partial charge < -0.3 is 16.0 Å². The molecule has 5 rings (SSSR count). The van der Waals surface area contributed by atoms with Crippen LogP contribution in [0.2, 0.25) is 10.0 Å². The van der Waals surface area contributed by atoms with Crippen LogP contribution in [0.5, 0.6) is 0 Å². The summed E-state index contributed by atoms with van der Waals surface area (Å²) < 4.78 is 0. The lowest BCUT2D eigenvalue weighted by atomic mass is 9.96. The van der Waals surface area contributed by atoms with Gasteiger partial charge in [-0.2, -0.15) is 5.26 Å². The van der Waals surface area contributed by atoms with Gasteiger partial charge in [-0.3, -0.25) is 14.4 Å². The van der Waals surface area contributed by atoms with Crippen molar-refractivity contribution in [1.29, 1.82) is 5.26 Å². The molecule has 0 fully saturated rings. The normalized spacial score (nSPS) is 13.2. The van der Waals surface area contributed by atoms with Crippen molar-refractivity contribution in [2.75, 3.05) is 10.6 Å². The molecule has 45 heavy (non-hydrogen) atoms. The quantitative estimate of drug-likeness (QED) is 0.122. The number of hydrogen-bond donors (Lipinski definition) is 3. The van der Waals surface area contributed by atoms with Crippen LogP contribution >= 0.6 is 46.3 Å². The lowest BCUT2D eigenvalue weighted by Gasteiger charge is -2.14. The summed E-state index contributed by atoms with van der Waals surface area (Å²) in [7, 11) is 0. The van der Waals surface area contributed by atoms with Gasteiger partial charge in [-0.25, -0.2) is 0 Å². The van der Waals surface area contributed by atoms with Gasteiger partial charge in [0.1, 0.15) is 16.8 Å². The highest BCUT2D eigenvalue weighted by Crippen LogP contribution is 2.38. The molecule has 4 aromatic rings. The number of rotatable bonds is 9. The van der Waals surface area contributed by atoms with Gasteiger partial charge in [0.05, 0.1) is 20.9 Å². The standard InChI is InChI=1S/C34H28Cl2N4O3S2/c1-20(31(41)40-34-26(19-37)25-14-5-6-16-29(25)45-34)44-24-13-8-12-23(18-24)38-33(43)28(17-22-11-7-15-27(35)30(22)36)39-32(42)21-9-3-2-4-10-21/h2-4,7-13,15,17-18,20H,5-6,14,16H2,1H3,(H,38,43)(H,39,42)(H,40,41)/b28-17+. The van der Waals surface area contributed by atoms with E-state index >= 15 is 0 Å². The first-order valence-corrected chi connectivity index (χ1v) is 16.6. The van der Waals surface area contributed by atoms with Crippen molar-refractivity contribution in [3.05, 3.63) is 116 Å². The van der Waals surface area contributed by atoms with Crippen LogP contribution in [0.25, 0.3) is 6.08 Å². The van der Waals surface area contributed by atoms with Gasteiger partial charge >= 0.3 is 0 Å². The zero-order valence-corrected chi connectivity index (χ0v) is 27.3. The number of halogens is 2. The topological polar surface area (TPSA) is 111 Å². The third-order valence-electron chi connectivity index (χ3n) is 7.10. The Bertz CT molecular complexity index is 1830. The monoisotopic (exact) mass is 674 g/mol. The number of carbonyl (C=O) groups is 3. The Morgan fingerprint density at radius 2 is 1.73 bits per heavy atom. The first-order valence-electron chi connectivity index (χ1n) is 14.2. The van der Waals surface area contributed by atoms with Crippen molar-refractivity contribution in [3.8, 4) is 6.07 Å². The molecule has 1 atom stereocenters. The predicted octanol–water partition coefficient (Wildman–Crippen LogP) is 8.33. The fraction of sp³-hybridized carbons (Fsp3) is 0.176. The number of amides is 3. The van der Waals surface area contributed by atoms with E-state index in [0.717, 1.165) is 36.1 Å². The molecule has 228 valence electrons. The number of nitrogens with one attached hydrogen (secondary N) is 3. The molecule has 1 heterocycles. The average molecular weight is 676 g/mol. The zero-order chi connectivity index (χ0) is 31.9. The molecule has 11 heteroatoms. The highest BCUT2D eigenvalue weighted by atomic mass is 35.5. The fourth-order valence-electron chi connectivity index (χ4n) is 4.82. The summed E-state index contributed by atoms with van der Waals surface area (Å²) in [5.41, 5.74) is 2.91. The first kappa shape index (κ1) is 32.3. The van der Waals surface area contributed by atoms with Crippen LogP contribution in [0.4, 0.5) is 10.7 Å². The van der Waals surface area contributed by atoms with Crippen LogP contribution in [-0.4, -0.2) is 23.0 Å². The Morgan fingerprint density at radius 1 is 0.978 bits per heavy atom. The molecule has 0 saturated carbocycles. The summed E-state index contributed by atoms with van der Waals surface area (Å²) in [5.74, 6) is -1.25. The molecule has 1 aliphatic rings. The molecule has 7 nitrogen and oxygen atoms in total. The van der Waals surface area contributed by atoms with Gasteiger partial charge in [0.15, 0.2) is 0 Å². The number of nitriles is 1. The summed E-state index contributed by atoms with van der Waals surface area (Å²) in [6, 6.07) is 22.9. The summed E-state index contributed by atoms with van der Waals surface area (Å²) >= 11 is 15.4. The van der Waals surface area contributed by atoms with Gasteiger partial charge in [-0.15, -0.1) is 23.1 Å². The Morgan fingerprint density at radius 3 is 2.51 bits per heavy atom. The van der Waals surface area contributed by atoms with Crippen LogP contribution in [0.1, 0.15) is 51.7 Å². The molecule has 0 spiro atoms. The van der Waals surface area contributed by atoms with Gasteiger partial charge in [-0.05, 0) is 86.2 Å². The van der Waals surface area contributed by atoms with Crippen molar-refractivity contribution in [2.24, 2.45) is 0 Å². The predicted molar refractivity (Wildman–Crippen MR) is 183 cm³/mol. The maximum atomic E-state index is 13.5. The van der Waals surface area contributed by atoms with Crippen molar-refractivity contribution in [1.82, 2.24) is 5.32 Å². The number of aryl methyl sites for hydroxylation is 1. The SMILES string of the molecule is CC(Sc1cccc(NC(=O)/C(=C\c2cccc(Cl)c2Cl)NC(=O)c2ccccc2)c1)C(=O)Nc1sc2c(c1C#N)CCCC2. The van der Waals surface area contributed by atoms with E-state index in [1.54, 1.807) is 73.7 Å². The molecular formula is C34H28Cl2N4O3S2. The van der Waals surface area contributed by atoms with Crippen molar-refractivity contribution >= 4 is 80.8 Å². The van der Waals surface area contributed by atoms with Gasteiger partial charge in [0, 0.05) is 21.0 Å². The highest BCUT2D eigenvalue weighted by Gasteiger charge is 2.24. The number of carbonyl (C=O) groups excluding carboxylic acids is 3. The van der Waals surface area contributed by atoms with E-state index in [1.165, 1.54) is 34.1 Å². The minimum atomic E-state index is -0.575. The Balaban J connectivity index is 1.30. The van der Waals surface area contributed by atoms with E-state index in [0.29, 0.717) is 32.4 Å². The van der Waals surface area contributed by atoms with E-state index in [-0.39, 0.29) is 16.6 Å². The summed E-state index contributed by atoms with van der Waals surface area (Å²) in [6.45, 7) is 1.79. The van der Waals surface area contributed by atoms with E-state index in [4.69, 9.17) is 23.2 Å². The lowest BCUT2D eigenvalue weighted by molar-refractivity contribution is -0.115. The Labute approximate surface area is 279 Å². The van der Waals surface area contributed by atoms with Gasteiger partial charge in [-0.1, -0.05) is 59.6 Å². The van der Waals surface area contributed by atoms with Crippen molar-refractivity contribution in [3.63, 3.8) is 0 Å². The molecule has 0 saturated heterocycles. The van der Waals surface area contributed by atoms with Crippen molar-refractivity contribution in [2.45, 2.75) is 42.8 Å². The molecule has 3 amide bonds. The molecule has 1 aromatic heterocycles. The molecule has 1 aliphatic carbocycles.